The van der Waals surface area contributed by atoms with E-state index in [0.29, 0.717) is 6.61 Å². The number of nitrogens with one attached hydrogen (secondary N) is 1. The number of carboxylic acid groups (broad SMARTS) is 1. The van der Waals surface area contributed by atoms with E-state index >= 15 is 0 Å². The number of amides is 1. The monoisotopic (exact) mass is 203 g/mol. The summed E-state index contributed by atoms with van der Waals surface area (Å²) >= 11 is 0. The number of ether oxygens (including phenoxy) is 1. The lowest BCUT2D eigenvalue weighted by atomic mass is 9.93. The third-order valence-corrected chi connectivity index (χ3v) is 2.45. The highest BCUT2D eigenvalue weighted by Crippen LogP contribution is 2.20. The van der Waals surface area contributed by atoms with Gasteiger partial charge >= 0.3 is 6.09 Å². The van der Waals surface area contributed by atoms with Gasteiger partial charge in [-0.15, -0.1) is 0 Å². The Balaban J connectivity index is 2.14. The number of carbonyl (C=O) groups is 1. The van der Waals surface area contributed by atoms with Gasteiger partial charge in [0.1, 0.15) is 0 Å². The van der Waals surface area contributed by atoms with E-state index in [2.05, 4.69) is 5.32 Å². The zero-order valence-corrected chi connectivity index (χ0v) is 8.11. The molecule has 1 rings (SSSR count). The average Bonchev–Trinajstić information content (AvgIpc) is 2.16. The van der Waals surface area contributed by atoms with Crippen LogP contribution in [0.3, 0.4) is 0 Å². The van der Waals surface area contributed by atoms with E-state index in [1.165, 1.54) is 0 Å². The van der Waals surface area contributed by atoms with Crippen molar-refractivity contribution in [3.8, 4) is 0 Å². The largest absolute Gasteiger partial charge is 0.465 e. The summed E-state index contributed by atoms with van der Waals surface area (Å²) in [5.74, 6) is 0. The van der Waals surface area contributed by atoms with E-state index in [0.717, 1.165) is 25.7 Å². The minimum absolute atomic E-state index is 0.0489. The highest BCUT2D eigenvalue weighted by Gasteiger charge is 2.22. The van der Waals surface area contributed by atoms with Gasteiger partial charge in [0, 0.05) is 6.04 Å². The Labute approximate surface area is 83.1 Å². The van der Waals surface area contributed by atoms with E-state index in [1.807, 2.05) is 0 Å². The van der Waals surface area contributed by atoms with E-state index in [-0.39, 0.29) is 18.8 Å². The van der Waals surface area contributed by atoms with E-state index in [4.69, 9.17) is 14.9 Å². The normalized spacial score (nSPS) is 27.2. The van der Waals surface area contributed by atoms with Gasteiger partial charge in [-0.1, -0.05) is 0 Å². The van der Waals surface area contributed by atoms with Crippen molar-refractivity contribution in [1.29, 1.82) is 0 Å². The molecule has 0 aromatic carbocycles. The zero-order chi connectivity index (χ0) is 10.4. The first-order valence-electron chi connectivity index (χ1n) is 4.94. The third-order valence-electron chi connectivity index (χ3n) is 2.45. The first-order chi connectivity index (χ1) is 6.72. The molecule has 0 aliphatic heterocycles. The van der Waals surface area contributed by atoms with E-state index in [9.17, 15) is 4.79 Å². The summed E-state index contributed by atoms with van der Waals surface area (Å²) in [6, 6.07) is 0.0708. The maximum Gasteiger partial charge on any atom is 0.404 e. The second kappa shape index (κ2) is 5.82. The van der Waals surface area contributed by atoms with Crippen molar-refractivity contribution in [2.24, 2.45) is 0 Å². The Bertz CT molecular complexity index is 178. The van der Waals surface area contributed by atoms with Crippen LogP contribution < -0.4 is 5.32 Å². The zero-order valence-electron chi connectivity index (χ0n) is 8.11. The molecule has 0 radical (unpaired) electrons. The predicted molar refractivity (Wildman–Crippen MR) is 50.2 cm³/mol. The van der Waals surface area contributed by atoms with Crippen LogP contribution in [0.5, 0.6) is 0 Å². The molecule has 1 aliphatic rings. The molecule has 0 saturated heterocycles. The molecule has 0 atom stereocenters. The van der Waals surface area contributed by atoms with Crippen molar-refractivity contribution in [3.05, 3.63) is 0 Å². The molecule has 3 N–H and O–H groups in total. The van der Waals surface area contributed by atoms with Gasteiger partial charge in [0.25, 0.3) is 0 Å². The number of hydrogen-bond acceptors (Lipinski definition) is 3. The summed E-state index contributed by atoms with van der Waals surface area (Å²) in [6.07, 6.45) is 2.61. The summed E-state index contributed by atoms with van der Waals surface area (Å²) in [7, 11) is 0. The molecule has 1 aliphatic carbocycles. The van der Waals surface area contributed by atoms with Crippen LogP contribution >= 0.6 is 0 Å². The molecule has 0 heterocycles. The van der Waals surface area contributed by atoms with Gasteiger partial charge in [0.05, 0.1) is 19.3 Å². The fraction of sp³-hybridized carbons (Fsp3) is 0.889. The van der Waals surface area contributed by atoms with Crippen LogP contribution in [0.15, 0.2) is 0 Å². The number of hydrogen-bond donors (Lipinski definition) is 3. The summed E-state index contributed by atoms with van der Waals surface area (Å²) in [5.41, 5.74) is 0. The van der Waals surface area contributed by atoms with E-state index < -0.39 is 6.09 Å². The number of rotatable bonds is 4. The van der Waals surface area contributed by atoms with Crippen LogP contribution in [0.1, 0.15) is 25.7 Å². The molecule has 1 saturated carbocycles. The van der Waals surface area contributed by atoms with Crippen LogP contribution in [-0.2, 0) is 4.74 Å². The Kier molecular flexibility index (Phi) is 4.69. The van der Waals surface area contributed by atoms with Gasteiger partial charge in [0.2, 0.25) is 0 Å². The van der Waals surface area contributed by atoms with Gasteiger partial charge in [-0.05, 0) is 25.7 Å². The fourth-order valence-corrected chi connectivity index (χ4v) is 1.77. The topological polar surface area (TPSA) is 78.8 Å². The van der Waals surface area contributed by atoms with Crippen molar-refractivity contribution < 1.29 is 19.7 Å². The predicted octanol–water partition coefficient (Wildman–Crippen LogP) is 0.574. The van der Waals surface area contributed by atoms with Crippen LogP contribution in [0.4, 0.5) is 4.79 Å². The van der Waals surface area contributed by atoms with Crippen LogP contribution in [0, 0.1) is 0 Å². The summed E-state index contributed by atoms with van der Waals surface area (Å²) < 4.78 is 5.36. The maximum atomic E-state index is 10.3. The lowest BCUT2D eigenvalue weighted by molar-refractivity contribution is 0.00435. The molecular formula is C9H17NO4. The van der Waals surface area contributed by atoms with Crippen molar-refractivity contribution >= 4 is 6.09 Å². The quantitative estimate of drug-likeness (QED) is 0.624. The Morgan fingerprint density at radius 2 is 2.00 bits per heavy atom. The molecule has 1 amide bonds. The lowest BCUT2D eigenvalue weighted by Crippen LogP contribution is -2.38. The van der Waals surface area contributed by atoms with Crippen molar-refractivity contribution in [2.75, 3.05) is 13.2 Å². The molecule has 0 bridgehead atoms. The minimum atomic E-state index is -0.954. The first kappa shape index (κ1) is 11.3. The SMILES string of the molecule is O=C(O)N[C@H]1CC[C@H](OCCO)CC1. The summed E-state index contributed by atoms with van der Waals surface area (Å²) in [6.45, 7) is 0.426. The minimum Gasteiger partial charge on any atom is -0.465 e. The molecule has 5 heteroatoms. The average molecular weight is 203 g/mol. The highest BCUT2D eigenvalue weighted by atomic mass is 16.5. The number of aliphatic hydroxyl groups excluding tert-OH is 1. The molecule has 0 aromatic rings. The van der Waals surface area contributed by atoms with Crippen LogP contribution in [0.25, 0.3) is 0 Å². The second-order valence-electron chi connectivity index (χ2n) is 3.52. The highest BCUT2D eigenvalue weighted by molar-refractivity contribution is 5.64. The first-order valence-corrected chi connectivity index (χ1v) is 4.94. The van der Waals surface area contributed by atoms with Gasteiger partial charge in [0.15, 0.2) is 0 Å². The molecule has 0 spiro atoms. The van der Waals surface area contributed by atoms with Crippen molar-refractivity contribution in [2.45, 2.75) is 37.8 Å². The molecule has 5 nitrogen and oxygen atoms in total. The summed E-state index contributed by atoms with van der Waals surface area (Å²) in [4.78, 5) is 10.3. The fourth-order valence-electron chi connectivity index (χ4n) is 1.77. The van der Waals surface area contributed by atoms with Crippen molar-refractivity contribution in [3.63, 3.8) is 0 Å². The van der Waals surface area contributed by atoms with E-state index in [1.54, 1.807) is 0 Å². The Morgan fingerprint density at radius 1 is 1.36 bits per heavy atom. The van der Waals surface area contributed by atoms with Crippen LogP contribution in [-0.4, -0.2) is 41.7 Å². The van der Waals surface area contributed by atoms with Gasteiger partial charge in [-0.3, -0.25) is 0 Å². The Morgan fingerprint density at radius 3 is 2.50 bits per heavy atom. The Hall–Kier alpha value is -0.810. The van der Waals surface area contributed by atoms with Gasteiger partial charge in [-0.25, -0.2) is 4.79 Å². The molecule has 0 unspecified atom stereocenters. The molecule has 1 fully saturated rings. The molecule has 0 aromatic heterocycles. The second-order valence-corrected chi connectivity index (χ2v) is 3.52. The smallest absolute Gasteiger partial charge is 0.404 e. The van der Waals surface area contributed by atoms with Gasteiger partial charge in [-0.2, -0.15) is 0 Å². The van der Waals surface area contributed by atoms with Gasteiger partial charge < -0.3 is 20.3 Å². The third kappa shape index (κ3) is 3.93. The molecule has 14 heavy (non-hydrogen) atoms. The summed E-state index contributed by atoms with van der Waals surface area (Å²) in [5, 5.41) is 19.5. The lowest BCUT2D eigenvalue weighted by Gasteiger charge is -2.28. The molecular weight excluding hydrogens is 186 g/mol. The molecule has 82 valence electrons. The van der Waals surface area contributed by atoms with Crippen molar-refractivity contribution in [1.82, 2.24) is 5.32 Å². The van der Waals surface area contributed by atoms with Crippen LogP contribution in [0.2, 0.25) is 0 Å². The maximum absolute atomic E-state index is 10.3. The standard InChI is InChI=1S/C9H17NO4/c11-5-6-14-8-3-1-7(2-4-8)10-9(12)13/h7-8,10-11H,1-6H2,(H,12,13)/t7-,8-. The number of aliphatic hydroxyl groups is 1.